The number of anilines is 4. The largest absolute Gasteiger partial charge is 0.494 e. The topological polar surface area (TPSA) is 133 Å². The van der Waals surface area contributed by atoms with Gasteiger partial charge in [0.15, 0.2) is 0 Å². The van der Waals surface area contributed by atoms with Gasteiger partial charge in [0, 0.05) is 44.5 Å². The van der Waals surface area contributed by atoms with E-state index in [1.54, 1.807) is 48.2 Å². The zero-order valence-corrected chi connectivity index (χ0v) is 24.7. The van der Waals surface area contributed by atoms with E-state index in [2.05, 4.69) is 38.1 Å². The number of nitrogens with one attached hydrogen (secondary N) is 2. The molecule has 0 aliphatic heterocycles. The lowest BCUT2D eigenvalue weighted by molar-refractivity contribution is -0.111. The first-order valence-corrected chi connectivity index (χ1v) is 13.4. The average molecular weight is 570 g/mol. The summed E-state index contributed by atoms with van der Waals surface area (Å²) < 4.78 is 8.82. The maximum atomic E-state index is 13.6. The molecule has 0 radical (unpaired) electrons. The molecule has 0 saturated carbocycles. The van der Waals surface area contributed by atoms with E-state index in [9.17, 15) is 14.9 Å². The Morgan fingerprint density at radius 3 is 2.55 bits per heavy atom. The maximum absolute atomic E-state index is 13.6. The number of ether oxygens (including phenoxy) is 1. The molecule has 2 N–H and O–H groups in total. The third-order valence-corrected chi connectivity index (χ3v) is 6.69. The second kappa shape index (κ2) is 12.6. The average Bonchev–Trinajstić information content (AvgIpc) is 3.26. The van der Waals surface area contributed by atoms with Crippen LogP contribution in [0.2, 0.25) is 0 Å². The Labute approximate surface area is 244 Å². The SMILES string of the molecule is C=CC(=O)Nc1cc(Nc2nccc(-n3c(=O)n(C(C)C)c4cc(C#N)ccc43)n2)c(OC)cc1N(C)CCN(C)C. The predicted octanol–water partition coefficient (Wildman–Crippen LogP) is 3.91. The van der Waals surface area contributed by atoms with Gasteiger partial charge in [-0.05, 0) is 58.3 Å². The lowest BCUT2D eigenvalue weighted by atomic mass is 10.2. The second-order valence-corrected chi connectivity index (χ2v) is 10.2. The molecule has 218 valence electrons. The molecule has 12 heteroatoms. The molecule has 0 fully saturated rings. The van der Waals surface area contributed by atoms with Crippen molar-refractivity contribution in [3.8, 4) is 17.6 Å². The standard InChI is InChI=1S/C30H35N9O3/c1-8-28(40)33-21-16-22(26(42-7)17-24(21)37(6)14-13-36(4)5)34-29-32-12-11-27(35-29)39-23-10-9-20(18-31)15-25(23)38(19(2)3)30(39)41/h8-12,15-17,19H,1,13-14H2,2-7H3,(H,33,40)(H,32,34,35). The normalized spacial score (nSPS) is 11.0. The molecule has 42 heavy (non-hydrogen) atoms. The minimum atomic E-state index is -0.355. The first kappa shape index (κ1) is 29.8. The quantitative estimate of drug-likeness (QED) is 0.258. The van der Waals surface area contributed by atoms with Gasteiger partial charge < -0.3 is 25.2 Å². The Morgan fingerprint density at radius 2 is 1.90 bits per heavy atom. The van der Waals surface area contributed by atoms with E-state index in [-0.39, 0.29) is 23.6 Å². The van der Waals surface area contributed by atoms with Crippen LogP contribution in [0.25, 0.3) is 16.9 Å². The first-order valence-electron chi connectivity index (χ1n) is 13.4. The van der Waals surface area contributed by atoms with Gasteiger partial charge in [-0.25, -0.2) is 14.3 Å². The minimum absolute atomic E-state index is 0.141. The Bertz CT molecular complexity index is 1730. The van der Waals surface area contributed by atoms with Crippen LogP contribution >= 0.6 is 0 Å². The predicted molar refractivity (Wildman–Crippen MR) is 165 cm³/mol. The van der Waals surface area contributed by atoms with E-state index in [0.29, 0.717) is 46.1 Å². The number of carbonyl (C=O) groups is 1. The highest BCUT2D eigenvalue weighted by Crippen LogP contribution is 2.38. The number of fused-ring (bicyclic) bond motifs is 1. The van der Waals surface area contributed by atoms with Crippen molar-refractivity contribution in [3.63, 3.8) is 0 Å². The number of imidazole rings is 1. The zero-order chi connectivity index (χ0) is 30.6. The molecular weight excluding hydrogens is 534 g/mol. The highest BCUT2D eigenvalue weighted by atomic mass is 16.5. The number of benzene rings is 2. The van der Waals surface area contributed by atoms with Crippen LogP contribution in [0.1, 0.15) is 25.5 Å². The summed E-state index contributed by atoms with van der Waals surface area (Å²) in [5.41, 5.74) is 3.25. The molecule has 2 heterocycles. The van der Waals surface area contributed by atoms with Crippen LogP contribution in [0, 0.1) is 11.3 Å². The van der Waals surface area contributed by atoms with E-state index < -0.39 is 0 Å². The van der Waals surface area contributed by atoms with Gasteiger partial charge in [-0.1, -0.05) is 6.58 Å². The van der Waals surface area contributed by atoms with Crippen LogP contribution in [0.4, 0.5) is 23.0 Å². The summed E-state index contributed by atoms with van der Waals surface area (Å²) in [6.07, 6.45) is 2.76. The number of methoxy groups -OCH3 is 1. The van der Waals surface area contributed by atoms with Gasteiger partial charge in [0.1, 0.15) is 11.6 Å². The number of nitriles is 1. The molecule has 2 aromatic carbocycles. The molecule has 1 amide bonds. The number of amides is 1. The van der Waals surface area contributed by atoms with Gasteiger partial charge in [0.05, 0.1) is 46.8 Å². The van der Waals surface area contributed by atoms with Crippen molar-refractivity contribution in [1.82, 2.24) is 24.0 Å². The van der Waals surface area contributed by atoms with E-state index >= 15 is 0 Å². The molecule has 4 rings (SSSR count). The van der Waals surface area contributed by atoms with Gasteiger partial charge in [-0.15, -0.1) is 0 Å². The van der Waals surface area contributed by atoms with Crippen molar-refractivity contribution in [2.75, 3.05) is 56.9 Å². The number of rotatable bonds is 11. The van der Waals surface area contributed by atoms with Gasteiger partial charge in [0.2, 0.25) is 11.9 Å². The number of carbonyl (C=O) groups excluding carboxylic acids is 1. The summed E-state index contributed by atoms with van der Waals surface area (Å²) in [7, 11) is 7.48. The molecule has 0 bridgehead atoms. The summed E-state index contributed by atoms with van der Waals surface area (Å²) in [6, 6.07) is 12.3. The smallest absolute Gasteiger partial charge is 0.335 e. The fourth-order valence-corrected chi connectivity index (χ4v) is 4.57. The van der Waals surface area contributed by atoms with Crippen LogP contribution in [0.3, 0.4) is 0 Å². The minimum Gasteiger partial charge on any atom is -0.494 e. The number of hydrogen-bond acceptors (Lipinski definition) is 9. The monoisotopic (exact) mass is 569 g/mol. The lowest BCUT2D eigenvalue weighted by Gasteiger charge is -2.26. The first-order chi connectivity index (χ1) is 20.1. The molecule has 0 aliphatic rings. The van der Waals surface area contributed by atoms with Crippen LogP contribution in [0.15, 0.2) is 60.0 Å². The fourth-order valence-electron chi connectivity index (χ4n) is 4.57. The van der Waals surface area contributed by atoms with Crippen LogP contribution in [0.5, 0.6) is 5.75 Å². The molecular formula is C30H35N9O3. The summed E-state index contributed by atoms with van der Waals surface area (Å²) in [6.45, 7) is 8.90. The number of nitrogens with zero attached hydrogens (tertiary/aromatic N) is 7. The van der Waals surface area contributed by atoms with E-state index in [4.69, 9.17) is 4.74 Å². The highest BCUT2D eigenvalue weighted by molar-refractivity contribution is 6.02. The summed E-state index contributed by atoms with van der Waals surface area (Å²) >= 11 is 0. The fraction of sp³-hybridized carbons (Fsp3) is 0.300. The molecule has 12 nitrogen and oxygen atoms in total. The number of aromatic nitrogens is 4. The van der Waals surface area contributed by atoms with Crippen LogP contribution in [-0.2, 0) is 4.79 Å². The van der Waals surface area contributed by atoms with Crippen molar-refractivity contribution in [3.05, 3.63) is 71.3 Å². The molecule has 0 spiro atoms. The molecule has 4 aromatic rings. The van der Waals surface area contributed by atoms with Crippen molar-refractivity contribution >= 4 is 40.0 Å². The van der Waals surface area contributed by atoms with Crippen LogP contribution in [-0.4, -0.2) is 71.3 Å². The Kier molecular flexibility index (Phi) is 8.93. The Hall–Kier alpha value is -5.15. The zero-order valence-electron chi connectivity index (χ0n) is 24.7. The van der Waals surface area contributed by atoms with Gasteiger partial charge in [-0.2, -0.15) is 10.2 Å². The third-order valence-electron chi connectivity index (χ3n) is 6.69. The molecule has 0 aliphatic carbocycles. The molecule has 0 saturated heterocycles. The van der Waals surface area contributed by atoms with Crippen molar-refractivity contribution in [2.24, 2.45) is 0 Å². The number of likely N-dealkylation sites (N-methyl/N-ethyl adjacent to an activating group) is 2. The summed E-state index contributed by atoms with van der Waals surface area (Å²) in [5.74, 6) is 0.717. The molecule has 2 aromatic heterocycles. The summed E-state index contributed by atoms with van der Waals surface area (Å²) in [4.78, 5) is 39.0. The van der Waals surface area contributed by atoms with Crippen molar-refractivity contribution in [2.45, 2.75) is 19.9 Å². The van der Waals surface area contributed by atoms with E-state index in [1.165, 1.54) is 10.6 Å². The Balaban J connectivity index is 1.78. The Morgan fingerprint density at radius 1 is 1.14 bits per heavy atom. The van der Waals surface area contributed by atoms with E-state index in [0.717, 1.165) is 12.2 Å². The molecule has 0 unspecified atom stereocenters. The van der Waals surface area contributed by atoms with Crippen molar-refractivity contribution < 1.29 is 9.53 Å². The summed E-state index contributed by atoms with van der Waals surface area (Å²) in [5, 5.41) is 15.5. The van der Waals surface area contributed by atoms with Crippen molar-refractivity contribution in [1.29, 1.82) is 5.26 Å². The van der Waals surface area contributed by atoms with Gasteiger partial charge in [0.25, 0.3) is 0 Å². The second-order valence-electron chi connectivity index (χ2n) is 10.2. The number of hydrogen-bond donors (Lipinski definition) is 2. The highest BCUT2D eigenvalue weighted by Gasteiger charge is 2.20. The lowest BCUT2D eigenvalue weighted by Crippen LogP contribution is -2.29. The van der Waals surface area contributed by atoms with Crippen LogP contribution < -0.4 is 26.0 Å². The van der Waals surface area contributed by atoms with Gasteiger partial charge >= 0.3 is 5.69 Å². The third kappa shape index (κ3) is 6.11. The molecule has 0 atom stereocenters. The van der Waals surface area contributed by atoms with Gasteiger partial charge in [-0.3, -0.25) is 9.36 Å². The van der Waals surface area contributed by atoms with E-state index in [1.807, 2.05) is 46.0 Å². The maximum Gasteiger partial charge on any atom is 0.335 e.